The average molecular weight is 731 g/mol. The molecule has 0 saturated carbocycles. The molecule has 5 aromatic carbocycles. The number of halogens is 3. The molecule has 0 fully saturated rings. The number of rotatable bonds is 7. The zero-order valence-corrected chi connectivity index (χ0v) is 27.6. The van der Waals surface area contributed by atoms with Crippen molar-refractivity contribution in [2.24, 2.45) is 0 Å². The van der Waals surface area contributed by atoms with Crippen LogP contribution in [-0.2, 0) is 0 Å². The Morgan fingerprint density at radius 3 is 1.53 bits per heavy atom. The summed E-state index contributed by atoms with van der Waals surface area (Å²) < 4.78 is 21.6. The molecular weight excluding hydrogens is 704 g/mol. The van der Waals surface area contributed by atoms with Crippen LogP contribution in [-0.4, -0.2) is 47.3 Å². The third kappa shape index (κ3) is 7.73. The van der Waals surface area contributed by atoms with Crippen LogP contribution in [0.5, 0.6) is 23.0 Å². The van der Waals surface area contributed by atoms with Crippen molar-refractivity contribution < 1.29 is 33.3 Å². The van der Waals surface area contributed by atoms with Crippen LogP contribution in [0.25, 0.3) is 21.5 Å². The van der Waals surface area contributed by atoms with Gasteiger partial charge in [-0.25, -0.2) is 0 Å². The van der Waals surface area contributed by atoms with E-state index in [0.717, 1.165) is 40.4 Å². The van der Waals surface area contributed by atoms with Gasteiger partial charge in [0.2, 0.25) is 0 Å². The smallest absolute Gasteiger partial charge is 0.174 e. The monoisotopic (exact) mass is 728 g/mol. The second-order valence-electron chi connectivity index (χ2n) is 8.64. The normalized spacial score (nSPS) is 10.0. The molecule has 0 atom stereocenters. The highest BCUT2D eigenvalue weighted by Gasteiger charge is 2.12. The summed E-state index contributed by atoms with van der Waals surface area (Å²) in [6.45, 7) is 0. The number of benzene rings is 5. The molecule has 0 unspecified atom stereocenters. The number of hydrogen-bond acceptors (Lipinski definition) is 7. The summed E-state index contributed by atoms with van der Waals surface area (Å²) in [5, 5.41) is 4.38. The highest BCUT2D eigenvalue weighted by atomic mass is 79.9. The summed E-state index contributed by atoms with van der Waals surface area (Å²) in [7, 11) is 6.15. The molecule has 0 aliphatic rings. The predicted molar refractivity (Wildman–Crippen MR) is 177 cm³/mol. The van der Waals surface area contributed by atoms with E-state index >= 15 is 0 Å². The Morgan fingerprint density at radius 2 is 1.09 bits per heavy atom. The summed E-state index contributed by atoms with van der Waals surface area (Å²) in [4.78, 5) is 32.4. The van der Waals surface area contributed by atoms with Crippen molar-refractivity contribution in [3.8, 4) is 23.0 Å². The van der Waals surface area contributed by atoms with Crippen molar-refractivity contribution in [3.63, 3.8) is 0 Å². The van der Waals surface area contributed by atoms with Crippen molar-refractivity contribution in [1.29, 1.82) is 0 Å². The third-order valence-electron chi connectivity index (χ3n) is 6.25. The summed E-state index contributed by atoms with van der Waals surface area (Å²) >= 11 is 12.9. The molecule has 5 aromatic rings. The maximum atomic E-state index is 11.3. The first-order valence-corrected chi connectivity index (χ1v) is 14.5. The Hall–Kier alpha value is -3.92. The first kappa shape index (κ1) is 33.6. The van der Waals surface area contributed by atoms with Gasteiger partial charge in [0, 0.05) is 31.9 Å². The van der Waals surface area contributed by atoms with Crippen LogP contribution in [0.2, 0.25) is 5.02 Å². The maximum Gasteiger partial charge on any atom is 0.174 e. The SMILES string of the molecule is COc1cc(Br)c(C=O)cc1OC.COc1cc(C=O)cc(Br)c1OC.O=Cc1c2ccccc2c(Cl)c2ccccc12. The fraction of sp³-hybridized carbons (Fsp3) is 0.121. The number of aldehydes is 3. The van der Waals surface area contributed by atoms with E-state index in [1.165, 1.54) is 14.2 Å². The summed E-state index contributed by atoms with van der Waals surface area (Å²) in [5.74, 6) is 2.28. The van der Waals surface area contributed by atoms with Crippen molar-refractivity contribution in [3.05, 3.63) is 103 Å². The molecule has 43 heavy (non-hydrogen) atoms. The number of ether oxygens (including phenoxy) is 4. The van der Waals surface area contributed by atoms with E-state index in [2.05, 4.69) is 31.9 Å². The minimum absolute atomic E-state index is 0.539. The molecule has 0 heterocycles. The zero-order chi connectivity index (χ0) is 31.5. The van der Waals surface area contributed by atoms with Crippen molar-refractivity contribution in [1.82, 2.24) is 0 Å². The molecule has 0 radical (unpaired) electrons. The van der Waals surface area contributed by atoms with Gasteiger partial charge >= 0.3 is 0 Å². The van der Waals surface area contributed by atoms with Gasteiger partial charge in [-0.15, -0.1) is 0 Å². The maximum absolute atomic E-state index is 11.3. The van der Waals surface area contributed by atoms with Gasteiger partial charge in [0.15, 0.2) is 35.6 Å². The summed E-state index contributed by atoms with van der Waals surface area (Å²) in [6.07, 6.45) is 2.42. The molecule has 0 saturated heterocycles. The molecule has 0 bridgehead atoms. The minimum Gasteiger partial charge on any atom is -0.493 e. The molecule has 0 amide bonds. The number of hydrogen-bond donors (Lipinski definition) is 0. The fourth-order valence-electron chi connectivity index (χ4n) is 4.20. The molecular formula is C33H27Br2ClO7. The van der Waals surface area contributed by atoms with E-state index in [-0.39, 0.29) is 0 Å². The van der Waals surface area contributed by atoms with Gasteiger partial charge in [-0.2, -0.15) is 0 Å². The molecule has 0 spiro atoms. The topological polar surface area (TPSA) is 88.1 Å². The number of carbonyl (C=O) groups excluding carboxylic acids is 3. The zero-order valence-electron chi connectivity index (χ0n) is 23.7. The number of carbonyl (C=O) groups is 3. The van der Waals surface area contributed by atoms with Crippen molar-refractivity contribution >= 4 is 83.9 Å². The predicted octanol–water partition coefficient (Wildman–Crippen LogP) is 9.02. The van der Waals surface area contributed by atoms with Gasteiger partial charge in [-0.1, -0.05) is 60.1 Å². The Kier molecular flexibility index (Phi) is 12.5. The Balaban J connectivity index is 0.000000180. The molecule has 0 aliphatic carbocycles. The Bertz CT molecular complexity index is 1720. The van der Waals surface area contributed by atoms with E-state index in [9.17, 15) is 14.4 Å². The highest BCUT2D eigenvalue weighted by Crippen LogP contribution is 2.36. The quantitative estimate of drug-likeness (QED) is 0.122. The van der Waals surface area contributed by atoms with Gasteiger partial charge in [0.1, 0.15) is 6.29 Å². The van der Waals surface area contributed by atoms with Crippen LogP contribution in [0.15, 0.2) is 81.7 Å². The number of methoxy groups -OCH3 is 4. The van der Waals surface area contributed by atoms with Gasteiger partial charge in [0.25, 0.3) is 0 Å². The fourth-order valence-corrected chi connectivity index (χ4v) is 5.57. The van der Waals surface area contributed by atoms with Crippen molar-refractivity contribution in [2.75, 3.05) is 28.4 Å². The third-order valence-corrected chi connectivity index (χ3v) is 7.93. The molecule has 0 N–H and O–H groups in total. The average Bonchev–Trinajstić information content (AvgIpc) is 3.05. The van der Waals surface area contributed by atoms with E-state index < -0.39 is 0 Å². The number of fused-ring (bicyclic) bond motifs is 2. The van der Waals surface area contributed by atoms with E-state index in [4.69, 9.17) is 30.5 Å². The van der Waals surface area contributed by atoms with Gasteiger partial charge in [0.05, 0.1) is 37.9 Å². The molecule has 10 heteroatoms. The summed E-state index contributed by atoms with van der Waals surface area (Å²) in [6, 6.07) is 22.0. The Labute approximate surface area is 270 Å². The first-order valence-electron chi connectivity index (χ1n) is 12.6. The van der Waals surface area contributed by atoms with E-state index in [0.29, 0.717) is 53.7 Å². The molecule has 0 aromatic heterocycles. The van der Waals surface area contributed by atoms with Crippen LogP contribution in [0.1, 0.15) is 31.1 Å². The molecule has 0 aliphatic heterocycles. The van der Waals surface area contributed by atoms with Crippen LogP contribution >= 0.6 is 43.5 Å². The van der Waals surface area contributed by atoms with E-state index in [1.54, 1.807) is 38.5 Å². The van der Waals surface area contributed by atoms with Crippen molar-refractivity contribution in [2.45, 2.75) is 0 Å². The highest BCUT2D eigenvalue weighted by molar-refractivity contribution is 9.10. The largest absolute Gasteiger partial charge is 0.493 e. The first-order chi connectivity index (χ1) is 20.8. The van der Waals surface area contributed by atoms with Gasteiger partial charge in [-0.05, 0) is 66.9 Å². The Morgan fingerprint density at radius 1 is 0.581 bits per heavy atom. The lowest BCUT2D eigenvalue weighted by Crippen LogP contribution is -1.93. The van der Waals surface area contributed by atoms with Crippen LogP contribution in [0.3, 0.4) is 0 Å². The lowest BCUT2D eigenvalue weighted by atomic mass is 9.97. The molecule has 222 valence electrons. The summed E-state index contributed by atoms with van der Waals surface area (Å²) in [5.41, 5.74) is 1.79. The lowest BCUT2D eigenvalue weighted by Gasteiger charge is -2.09. The van der Waals surface area contributed by atoms with Gasteiger partial charge < -0.3 is 18.9 Å². The van der Waals surface area contributed by atoms with Crippen LogP contribution < -0.4 is 18.9 Å². The van der Waals surface area contributed by atoms with Gasteiger partial charge in [-0.3, -0.25) is 14.4 Å². The standard InChI is InChI=1S/C15H9ClO.2C9H9BrO3/c16-15-12-7-3-1-5-10(12)14(9-17)11-6-2-4-8-13(11)15;1-12-8-3-6(5-11)7(10)4-9(8)13-2;1-12-8-4-6(5-11)3-7(10)9(8)13-2/h1-9H;2*3-5H,1-2H3. The second-order valence-corrected chi connectivity index (χ2v) is 10.7. The second kappa shape index (κ2) is 16.1. The lowest BCUT2D eigenvalue weighted by molar-refractivity contribution is 0.111. The molecule has 5 rings (SSSR count). The minimum atomic E-state index is 0.539. The molecule has 7 nitrogen and oxygen atoms in total. The van der Waals surface area contributed by atoms with E-state index in [1.807, 2.05) is 48.5 Å². The van der Waals surface area contributed by atoms with Crippen LogP contribution in [0, 0.1) is 0 Å². The van der Waals surface area contributed by atoms with Crippen LogP contribution in [0.4, 0.5) is 0 Å².